The lowest BCUT2D eigenvalue weighted by atomic mass is 9.89. The first kappa shape index (κ1) is 19.3. The van der Waals surface area contributed by atoms with Crippen LogP contribution in [0.25, 0.3) is 0 Å². The van der Waals surface area contributed by atoms with E-state index in [4.69, 9.17) is 0 Å². The Morgan fingerprint density at radius 2 is 1.37 bits per heavy atom. The summed E-state index contributed by atoms with van der Waals surface area (Å²) in [6.45, 7) is 4.17. The summed E-state index contributed by atoms with van der Waals surface area (Å²) in [6, 6.07) is 25.8. The molecule has 27 heavy (non-hydrogen) atoms. The molecule has 0 saturated carbocycles. The van der Waals surface area contributed by atoms with Crippen molar-refractivity contribution in [2.45, 2.75) is 31.1 Å². The van der Waals surface area contributed by atoms with E-state index in [-0.39, 0.29) is 5.92 Å². The third-order valence-electron chi connectivity index (χ3n) is 4.75. The second kappa shape index (κ2) is 8.51. The highest BCUT2D eigenvalue weighted by Crippen LogP contribution is 2.27. The number of nitrogens with one attached hydrogen (secondary N) is 1. The minimum atomic E-state index is -3.52. The van der Waals surface area contributed by atoms with Crippen LogP contribution < -0.4 is 4.72 Å². The Hall–Kier alpha value is -2.43. The second-order valence-corrected chi connectivity index (χ2v) is 8.56. The molecular weight excluding hydrogens is 354 g/mol. The average Bonchev–Trinajstić information content (AvgIpc) is 2.66. The van der Waals surface area contributed by atoms with Crippen LogP contribution in [-0.2, 0) is 10.0 Å². The molecule has 0 bridgehead atoms. The van der Waals surface area contributed by atoms with Gasteiger partial charge in [0.25, 0.3) is 0 Å². The third-order valence-corrected chi connectivity index (χ3v) is 6.37. The van der Waals surface area contributed by atoms with E-state index in [1.165, 1.54) is 11.1 Å². The molecule has 0 radical (unpaired) electrons. The normalized spacial score (nSPS) is 11.7. The monoisotopic (exact) mass is 379 g/mol. The van der Waals surface area contributed by atoms with Crippen LogP contribution in [0.4, 0.5) is 0 Å². The fourth-order valence-corrected chi connectivity index (χ4v) is 4.68. The molecule has 3 rings (SSSR count). The van der Waals surface area contributed by atoms with Crippen LogP contribution in [0.15, 0.2) is 83.8 Å². The van der Waals surface area contributed by atoms with Gasteiger partial charge in [-0.3, -0.25) is 0 Å². The minimum absolute atomic E-state index is 0.147. The first-order chi connectivity index (χ1) is 13.0. The zero-order chi connectivity index (χ0) is 19.3. The highest BCUT2D eigenvalue weighted by atomic mass is 32.2. The molecule has 0 unspecified atom stereocenters. The molecule has 0 aliphatic carbocycles. The number of benzene rings is 3. The van der Waals surface area contributed by atoms with E-state index in [0.717, 1.165) is 11.1 Å². The molecule has 0 heterocycles. The van der Waals surface area contributed by atoms with Crippen molar-refractivity contribution in [1.82, 2.24) is 4.72 Å². The predicted molar refractivity (Wildman–Crippen MR) is 110 cm³/mol. The summed E-state index contributed by atoms with van der Waals surface area (Å²) < 4.78 is 28.2. The number of rotatable bonds is 7. The molecule has 0 fully saturated rings. The Morgan fingerprint density at radius 1 is 0.815 bits per heavy atom. The van der Waals surface area contributed by atoms with Gasteiger partial charge in [-0.05, 0) is 43.0 Å². The van der Waals surface area contributed by atoms with Crippen molar-refractivity contribution < 1.29 is 8.42 Å². The Kier molecular flexibility index (Phi) is 6.09. The molecule has 0 atom stereocenters. The number of aryl methyl sites for hydroxylation is 2. The van der Waals surface area contributed by atoms with E-state index >= 15 is 0 Å². The summed E-state index contributed by atoms with van der Waals surface area (Å²) >= 11 is 0. The van der Waals surface area contributed by atoms with E-state index in [0.29, 0.717) is 17.9 Å². The number of hydrogen-bond donors (Lipinski definition) is 1. The first-order valence-electron chi connectivity index (χ1n) is 9.14. The maximum atomic E-state index is 12.7. The van der Waals surface area contributed by atoms with E-state index < -0.39 is 10.0 Å². The van der Waals surface area contributed by atoms with Crippen LogP contribution in [0.1, 0.15) is 34.6 Å². The maximum Gasteiger partial charge on any atom is 0.240 e. The van der Waals surface area contributed by atoms with Gasteiger partial charge < -0.3 is 0 Å². The van der Waals surface area contributed by atoms with Crippen LogP contribution in [0, 0.1) is 13.8 Å². The predicted octanol–water partition coefficient (Wildman–Crippen LogP) is 4.80. The molecule has 0 aromatic heterocycles. The van der Waals surface area contributed by atoms with Gasteiger partial charge in [0.15, 0.2) is 0 Å². The molecule has 0 saturated heterocycles. The van der Waals surface area contributed by atoms with Gasteiger partial charge in [0.2, 0.25) is 10.0 Å². The van der Waals surface area contributed by atoms with Crippen LogP contribution in [0.2, 0.25) is 0 Å². The van der Waals surface area contributed by atoms with Crippen LogP contribution >= 0.6 is 0 Å². The van der Waals surface area contributed by atoms with E-state index in [2.05, 4.69) is 29.0 Å². The van der Waals surface area contributed by atoms with E-state index in [1.54, 1.807) is 6.07 Å². The smallest absolute Gasteiger partial charge is 0.211 e. The molecule has 1 N–H and O–H groups in total. The molecule has 0 amide bonds. The van der Waals surface area contributed by atoms with Crippen molar-refractivity contribution in [3.8, 4) is 0 Å². The van der Waals surface area contributed by atoms with Gasteiger partial charge in [0.05, 0.1) is 4.90 Å². The zero-order valence-electron chi connectivity index (χ0n) is 15.7. The van der Waals surface area contributed by atoms with Crippen molar-refractivity contribution >= 4 is 10.0 Å². The molecule has 0 aliphatic heterocycles. The van der Waals surface area contributed by atoms with Gasteiger partial charge in [-0.25, -0.2) is 13.1 Å². The quantitative estimate of drug-likeness (QED) is 0.641. The topological polar surface area (TPSA) is 46.2 Å². The minimum Gasteiger partial charge on any atom is -0.211 e. The zero-order valence-corrected chi connectivity index (χ0v) is 16.5. The fraction of sp³-hybridized carbons (Fsp3) is 0.217. The Morgan fingerprint density at radius 3 is 1.89 bits per heavy atom. The Bertz CT molecular complexity index is 944. The van der Waals surface area contributed by atoms with Gasteiger partial charge >= 0.3 is 0 Å². The summed E-state index contributed by atoms with van der Waals surface area (Å²) in [7, 11) is -3.52. The lowest BCUT2D eigenvalue weighted by molar-refractivity contribution is 0.574. The van der Waals surface area contributed by atoms with Crippen LogP contribution in [0.5, 0.6) is 0 Å². The van der Waals surface area contributed by atoms with Gasteiger partial charge in [0, 0.05) is 12.5 Å². The molecule has 3 nitrogen and oxygen atoms in total. The van der Waals surface area contributed by atoms with Crippen molar-refractivity contribution in [2.75, 3.05) is 6.54 Å². The number of sulfonamides is 1. The van der Waals surface area contributed by atoms with Crippen LogP contribution in [-0.4, -0.2) is 15.0 Å². The summed E-state index contributed by atoms with van der Waals surface area (Å²) in [5, 5.41) is 0. The lowest BCUT2D eigenvalue weighted by Gasteiger charge is -2.19. The second-order valence-electron chi connectivity index (χ2n) is 6.83. The highest BCUT2D eigenvalue weighted by Gasteiger charge is 2.19. The summed E-state index contributed by atoms with van der Waals surface area (Å²) in [6.07, 6.45) is 0.693. The van der Waals surface area contributed by atoms with E-state index in [1.807, 2.05) is 62.4 Å². The Labute approximate surface area is 162 Å². The molecule has 0 aliphatic rings. The summed E-state index contributed by atoms with van der Waals surface area (Å²) in [5.74, 6) is 0.147. The first-order valence-corrected chi connectivity index (χ1v) is 10.6. The van der Waals surface area contributed by atoms with Gasteiger partial charge in [-0.1, -0.05) is 78.4 Å². The molecule has 4 heteroatoms. The van der Waals surface area contributed by atoms with Crippen molar-refractivity contribution in [1.29, 1.82) is 0 Å². The fourth-order valence-electron chi connectivity index (χ4n) is 3.41. The lowest BCUT2D eigenvalue weighted by Crippen LogP contribution is -2.26. The van der Waals surface area contributed by atoms with Gasteiger partial charge in [-0.2, -0.15) is 0 Å². The van der Waals surface area contributed by atoms with Gasteiger partial charge in [-0.15, -0.1) is 0 Å². The molecule has 3 aromatic rings. The van der Waals surface area contributed by atoms with Crippen molar-refractivity contribution in [2.24, 2.45) is 0 Å². The average molecular weight is 380 g/mol. The summed E-state index contributed by atoms with van der Waals surface area (Å²) in [4.78, 5) is 0.351. The molecule has 3 aromatic carbocycles. The van der Waals surface area contributed by atoms with Crippen LogP contribution in [0.3, 0.4) is 0 Å². The molecule has 140 valence electrons. The third kappa shape index (κ3) is 4.85. The van der Waals surface area contributed by atoms with Crippen molar-refractivity contribution in [3.63, 3.8) is 0 Å². The molecule has 0 spiro atoms. The Balaban J connectivity index is 1.76. The SMILES string of the molecule is Cc1ccc(S(=O)(=O)NCCC(c2ccccc2)c2ccccc2)c(C)c1. The largest absolute Gasteiger partial charge is 0.240 e. The molecular formula is C23H25NO2S. The van der Waals surface area contributed by atoms with E-state index in [9.17, 15) is 8.42 Å². The van der Waals surface area contributed by atoms with Gasteiger partial charge in [0.1, 0.15) is 0 Å². The highest BCUT2D eigenvalue weighted by molar-refractivity contribution is 7.89. The number of hydrogen-bond acceptors (Lipinski definition) is 2. The van der Waals surface area contributed by atoms with Crippen molar-refractivity contribution in [3.05, 3.63) is 101 Å². The maximum absolute atomic E-state index is 12.7. The summed E-state index contributed by atoms with van der Waals surface area (Å²) in [5.41, 5.74) is 4.20. The standard InChI is InChI=1S/C23H25NO2S/c1-18-13-14-23(19(2)17-18)27(25,26)24-16-15-22(20-9-5-3-6-10-20)21-11-7-4-8-12-21/h3-14,17,22,24H,15-16H2,1-2H3.